The van der Waals surface area contributed by atoms with Gasteiger partial charge in [-0.3, -0.25) is 9.59 Å². The van der Waals surface area contributed by atoms with Crippen LogP contribution in [0.25, 0.3) is 0 Å². The fourth-order valence-corrected chi connectivity index (χ4v) is 2.62. The summed E-state index contributed by atoms with van der Waals surface area (Å²) < 4.78 is 0.958. The molecular weight excluding hydrogens is 329 g/mol. The minimum atomic E-state index is -0.0333. The SMILES string of the molecule is CC1CN(C(=O)c2ccccc2I)CCC1=O. The highest BCUT2D eigenvalue weighted by atomic mass is 127. The summed E-state index contributed by atoms with van der Waals surface area (Å²) in [4.78, 5) is 25.5. The van der Waals surface area contributed by atoms with Crippen molar-refractivity contribution in [3.8, 4) is 0 Å². The molecule has 1 saturated heterocycles. The van der Waals surface area contributed by atoms with Crippen molar-refractivity contribution in [3.63, 3.8) is 0 Å². The van der Waals surface area contributed by atoms with Gasteiger partial charge in [0.25, 0.3) is 5.91 Å². The summed E-state index contributed by atoms with van der Waals surface area (Å²) in [5, 5.41) is 0. The molecule has 1 aromatic rings. The normalized spacial score (nSPS) is 20.5. The molecule has 2 rings (SSSR count). The second-order valence-corrected chi connectivity index (χ2v) is 5.51. The van der Waals surface area contributed by atoms with E-state index in [1.807, 2.05) is 31.2 Å². The van der Waals surface area contributed by atoms with Gasteiger partial charge < -0.3 is 4.90 Å². The molecule has 0 aromatic heterocycles. The van der Waals surface area contributed by atoms with Gasteiger partial charge in [-0.2, -0.15) is 0 Å². The summed E-state index contributed by atoms with van der Waals surface area (Å²) in [5.74, 6) is 0.264. The fourth-order valence-electron chi connectivity index (χ4n) is 2.00. The van der Waals surface area contributed by atoms with Gasteiger partial charge in [0.05, 0.1) is 5.56 Å². The molecule has 0 aliphatic carbocycles. The molecule has 1 aliphatic heterocycles. The molecule has 0 radical (unpaired) electrons. The number of hydrogen-bond donors (Lipinski definition) is 0. The molecule has 4 heteroatoms. The first-order chi connectivity index (χ1) is 8.09. The van der Waals surface area contributed by atoms with Gasteiger partial charge in [-0.05, 0) is 34.7 Å². The summed E-state index contributed by atoms with van der Waals surface area (Å²) >= 11 is 2.17. The lowest BCUT2D eigenvalue weighted by molar-refractivity contribution is -0.124. The number of benzene rings is 1. The molecule has 1 aromatic carbocycles. The van der Waals surface area contributed by atoms with E-state index in [1.54, 1.807) is 4.90 Å². The summed E-state index contributed by atoms with van der Waals surface area (Å²) in [6.45, 7) is 2.98. The molecule has 1 aliphatic rings. The molecule has 1 fully saturated rings. The minimum absolute atomic E-state index is 0.0333. The third-order valence-electron chi connectivity index (χ3n) is 3.06. The second kappa shape index (κ2) is 5.16. The number of hydrogen-bond acceptors (Lipinski definition) is 2. The van der Waals surface area contributed by atoms with Crippen LogP contribution in [0.5, 0.6) is 0 Å². The van der Waals surface area contributed by atoms with Crippen molar-refractivity contribution in [3.05, 3.63) is 33.4 Å². The number of likely N-dealkylation sites (tertiary alicyclic amines) is 1. The number of carbonyl (C=O) groups is 2. The van der Waals surface area contributed by atoms with E-state index >= 15 is 0 Å². The van der Waals surface area contributed by atoms with Gasteiger partial charge in [0.1, 0.15) is 5.78 Å². The minimum Gasteiger partial charge on any atom is -0.337 e. The smallest absolute Gasteiger partial charge is 0.254 e. The fraction of sp³-hybridized carbons (Fsp3) is 0.385. The van der Waals surface area contributed by atoms with Gasteiger partial charge in [-0.1, -0.05) is 19.1 Å². The number of ketones is 1. The van der Waals surface area contributed by atoms with Gasteiger partial charge >= 0.3 is 0 Å². The first-order valence-electron chi connectivity index (χ1n) is 5.66. The van der Waals surface area contributed by atoms with Gasteiger partial charge in [0.2, 0.25) is 0 Å². The molecule has 0 N–H and O–H groups in total. The summed E-state index contributed by atoms with van der Waals surface area (Å²) in [6, 6.07) is 7.55. The van der Waals surface area contributed by atoms with E-state index in [0.29, 0.717) is 19.5 Å². The van der Waals surface area contributed by atoms with Gasteiger partial charge in [0.15, 0.2) is 0 Å². The first-order valence-corrected chi connectivity index (χ1v) is 6.74. The number of rotatable bonds is 1. The molecule has 0 spiro atoms. The van der Waals surface area contributed by atoms with E-state index in [0.717, 1.165) is 9.13 Å². The number of piperidine rings is 1. The Balaban J connectivity index is 2.16. The highest BCUT2D eigenvalue weighted by molar-refractivity contribution is 14.1. The molecule has 0 bridgehead atoms. The van der Waals surface area contributed by atoms with E-state index in [9.17, 15) is 9.59 Å². The molecule has 0 saturated carbocycles. The Kier molecular flexibility index (Phi) is 3.81. The maximum absolute atomic E-state index is 12.3. The van der Waals surface area contributed by atoms with Crippen molar-refractivity contribution in [1.29, 1.82) is 0 Å². The number of amides is 1. The third-order valence-corrected chi connectivity index (χ3v) is 4.00. The van der Waals surface area contributed by atoms with Crippen molar-refractivity contribution < 1.29 is 9.59 Å². The van der Waals surface area contributed by atoms with E-state index in [1.165, 1.54) is 0 Å². The topological polar surface area (TPSA) is 37.4 Å². The predicted molar refractivity (Wildman–Crippen MR) is 73.9 cm³/mol. The molecule has 90 valence electrons. The highest BCUT2D eigenvalue weighted by Gasteiger charge is 2.27. The highest BCUT2D eigenvalue weighted by Crippen LogP contribution is 2.18. The molecular formula is C13H14INO2. The van der Waals surface area contributed by atoms with E-state index < -0.39 is 0 Å². The Labute approximate surface area is 114 Å². The third kappa shape index (κ3) is 2.68. The summed E-state index contributed by atoms with van der Waals surface area (Å²) in [6.07, 6.45) is 0.482. The Bertz CT molecular complexity index is 458. The van der Waals surface area contributed by atoms with Crippen LogP contribution in [0, 0.1) is 9.49 Å². The number of halogens is 1. The lowest BCUT2D eigenvalue weighted by Crippen LogP contribution is -2.43. The van der Waals surface area contributed by atoms with Crippen LogP contribution < -0.4 is 0 Å². The monoisotopic (exact) mass is 343 g/mol. The molecule has 1 unspecified atom stereocenters. The standard InChI is InChI=1S/C13H14INO2/c1-9-8-15(7-6-12(9)16)13(17)10-4-2-3-5-11(10)14/h2-5,9H,6-8H2,1H3. The van der Waals surface area contributed by atoms with Crippen LogP contribution >= 0.6 is 22.6 Å². The lowest BCUT2D eigenvalue weighted by atomic mass is 9.98. The number of nitrogens with zero attached hydrogens (tertiary/aromatic N) is 1. The van der Waals surface area contributed by atoms with Crippen molar-refractivity contribution in [2.75, 3.05) is 13.1 Å². The quantitative estimate of drug-likeness (QED) is 0.734. The van der Waals surface area contributed by atoms with Crippen LogP contribution in [0.3, 0.4) is 0 Å². The van der Waals surface area contributed by atoms with Crippen molar-refractivity contribution in [2.45, 2.75) is 13.3 Å². The van der Waals surface area contributed by atoms with Crippen molar-refractivity contribution in [1.82, 2.24) is 4.90 Å². The maximum Gasteiger partial charge on any atom is 0.254 e. The zero-order chi connectivity index (χ0) is 12.4. The Morgan fingerprint density at radius 2 is 2.12 bits per heavy atom. The predicted octanol–water partition coefficient (Wildman–Crippen LogP) is 2.34. The lowest BCUT2D eigenvalue weighted by Gasteiger charge is -2.30. The molecule has 3 nitrogen and oxygen atoms in total. The van der Waals surface area contributed by atoms with Crippen LogP contribution in [0.1, 0.15) is 23.7 Å². The van der Waals surface area contributed by atoms with Gasteiger partial charge in [0, 0.05) is 29.0 Å². The number of Topliss-reactive ketones (excluding diaryl/α,β-unsaturated/α-hetero) is 1. The maximum atomic E-state index is 12.3. The van der Waals surface area contributed by atoms with Crippen LogP contribution in [0.2, 0.25) is 0 Å². The molecule has 17 heavy (non-hydrogen) atoms. The Morgan fingerprint density at radius 3 is 2.76 bits per heavy atom. The van der Waals surface area contributed by atoms with Crippen LogP contribution in [-0.4, -0.2) is 29.7 Å². The van der Waals surface area contributed by atoms with Crippen molar-refractivity contribution >= 4 is 34.3 Å². The summed E-state index contributed by atoms with van der Waals surface area (Å²) in [7, 11) is 0. The second-order valence-electron chi connectivity index (χ2n) is 4.35. The average molecular weight is 343 g/mol. The van der Waals surface area contributed by atoms with E-state index in [2.05, 4.69) is 22.6 Å². The van der Waals surface area contributed by atoms with Gasteiger partial charge in [-0.15, -0.1) is 0 Å². The Hall–Kier alpha value is -0.910. The number of carbonyl (C=O) groups excluding carboxylic acids is 2. The van der Waals surface area contributed by atoms with Crippen LogP contribution in [0.15, 0.2) is 24.3 Å². The van der Waals surface area contributed by atoms with Crippen LogP contribution in [0.4, 0.5) is 0 Å². The largest absolute Gasteiger partial charge is 0.337 e. The Morgan fingerprint density at radius 1 is 1.41 bits per heavy atom. The van der Waals surface area contributed by atoms with Crippen LogP contribution in [-0.2, 0) is 4.79 Å². The van der Waals surface area contributed by atoms with Crippen molar-refractivity contribution in [2.24, 2.45) is 5.92 Å². The van der Waals surface area contributed by atoms with Gasteiger partial charge in [-0.25, -0.2) is 0 Å². The average Bonchev–Trinajstić information content (AvgIpc) is 2.32. The van der Waals surface area contributed by atoms with E-state index in [-0.39, 0.29) is 17.6 Å². The summed E-state index contributed by atoms with van der Waals surface area (Å²) in [5.41, 5.74) is 0.731. The first kappa shape index (κ1) is 12.5. The zero-order valence-electron chi connectivity index (χ0n) is 9.65. The molecule has 1 amide bonds. The molecule has 1 atom stereocenters. The molecule has 1 heterocycles. The van der Waals surface area contributed by atoms with E-state index in [4.69, 9.17) is 0 Å². The zero-order valence-corrected chi connectivity index (χ0v) is 11.8.